The molecule has 0 saturated heterocycles. The maximum absolute atomic E-state index is 12.6. The predicted molar refractivity (Wildman–Crippen MR) is 44.3 cm³/mol. The molecule has 0 aromatic heterocycles. The van der Waals surface area contributed by atoms with Gasteiger partial charge in [0.05, 0.1) is 5.02 Å². The molecule has 0 aliphatic rings. The fourth-order valence-electron chi connectivity index (χ4n) is 0.746. The van der Waals surface area contributed by atoms with Gasteiger partial charge in [0.2, 0.25) is 0 Å². The highest BCUT2D eigenvalue weighted by atomic mass is 35.5. The second-order valence-corrected chi connectivity index (χ2v) is 2.76. The SMILES string of the molecule is Bc1cc(F)c(Cl)cc1C. The van der Waals surface area contributed by atoms with Gasteiger partial charge in [0, 0.05) is 0 Å². The van der Waals surface area contributed by atoms with Crippen LogP contribution >= 0.6 is 11.6 Å². The summed E-state index contributed by atoms with van der Waals surface area (Å²) in [6.45, 7) is 1.90. The molecule has 0 heterocycles. The zero-order valence-electron chi connectivity index (χ0n) is 5.91. The van der Waals surface area contributed by atoms with Crippen molar-refractivity contribution in [1.29, 1.82) is 0 Å². The zero-order chi connectivity index (χ0) is 7.72. The lowest BCUT2D eigenvalue weighted by Crippen LogP contribution is -2.07. The number of rotatable bonds is 0. The summed E-state index contributed by atoms with van der Waals surface area (Å²) in [5, 5.41) is 0.197. The monoisotopic (exact) mass is 156 g/mol. The number of aryl methyl sites for hydroxylation is 1. The fourth-order valence-corrected chi connectivity index (χ4v) is 0.964. The summed E-state index contributed by atoms with van der Waals surface area (Å²) in [5.74, 6) is -0.343. The van der Waals surface area contributed by atoms with Gasteiger partial charge in [-0.15, -0.1) is 0 Å². The maximum atomic E-state index is 12.6. The lowest BCUT2D eigenvalue weighted by molar-refractivity contribution is 0.629. The molecule has 0 bridgehead atoms. The van der Waals surface area contributed by atoms with Crippen LogP contribution in [0, 0.1) is 12.7 Å². The van der Waals surface area contributed by atoms with Gasteiger partial charge in [-0.25, -0.2) is 4.39 Å². The van der Waals surface area contributed by atoms with Crippen LogP contribution in [-0.2, 0) is 0 Å². The Bertz CT molecular complexity index is 210. The third-order valence-electron chi connectivity index (χ3n) is 1.54. The number of hydrogen-bond acceptors (Lipinski definition) is 0. The minimum Gasteiger partial charge on any atom is -0.205 e. The van der Waals surface area contributed by atoms with Gasteiger partial charge in [-0.05, 0) is 19.1 Å². The van der Waals surface area contributed by atoms with Gasteiger partial charge in [0.25, 0.3) is 0 Å². The Morgan fingerprint density at radius 1 is 1.50 bits per heavy atom. The van der Waals surface area contributed by atoms with E-state index in [0.29, 0.717) is 0 Å². The van der Waals surface area contributed by atoms with Crippen molar-refractivity contribution in [2.45, 2.75) is 6.92 Å². The first-order chi connectivity index (χ1) is 4.61. The highest BCUT2D eigenvalue weighted by Crippen LogP contribution is 2.13. The molecule has 0 saturated carbocycles. The molecule has 0 aliphatic heterocycles. The second-order valence-electron chi connectivity index (χ2n) is 2.35. The predicted octanol–water partition coefficient (Wildman–Crippen LogP) is 1.05. The van der Waals surface area contributed by atoms with Crippen molar-refractivity contribution < 1.29 is 4.39 Å². The molecule has 10 heavy (non-hydrogen) atoms. The van der Waals surface area contributed by atoms with E-state index in [2.05, 4.69) is 0 Å². The van der Waals surface area contributed by atoms with Crippen LogP contribution in [0.2, 0.25) is 5.02 Å². The van der Waals surface area contributed by atoms with Crippen molar-refractivity contribution in [2.24, 2.45) is 0 Å². The van der Waals surface area contributed by atoms with Crippen molar-refractivity contribution in [2.75, 3.05) is 0 Å². The van der Waals surface area contributed by atoms with Crippen molar-refractivity contribution in [3.63, 3.8) is 0 Å². The van der Waals surface area contributed by atoms with E-state index in [0.717, 1.165) is 11.0 Å². The average molecular weight is 156 g/mol. The fraction of sp³-hybridized carbons (Fsp3) is 0.143. The minimum atomic E-state index is -0.343. The molecule has 0 fully saturated rings. The number of halogens is 2. The molecule has 0 N–H and O–H groups in total. The van der Waals surface area contributed by atoms with Gasteiger partial charge in [-0.2, -0.15) is 0 Å². The van der Waals surface area contributed by atoms with Crippen molar-refractivity contribution in [3.8, 4) is 0 Å². The maximum Gasteiger partial charge on any atom is 0.141 e. The largest absolute Gasteiger partial charge is 0.205 e. The van der Waals surface area contributed by atoms with Crippen LogP contribution in [0.3, 0.4) is 0 Å². The molecule has 3 heteroatoms. The van der Waals surface area contributed by atoms with Gasteiger partial charge in [-0.3, -0.25) is 0 Å². The summed E-state index contributed by atoms with van der Waals surface area (Å²) < 4.78 is 12.6. The molecule has 1 aromatic carbocycles. The van der Waals surface area contributed by atoms with E-state index >= 15 is 0 Å². The number of hydrogen-bond donors (Lipinski definition) is 0. The van der Waals surface area contributed by atoms with Crippen LogP contribution < -0.4 is 5.46 Å². The van der Waals surface area contributed by atoms with Crippen LogP contribution in [0.1, 0.15) is 5.56 Å². The van der Waals surface area contributed by atoms with E-state index in [9.17, 15) is 4.39 Å². The number of benzene rings is 1. The van der Waals surface area contributed by atoms with E-state index < -0.39 is 0 Å². The molecule has 0 radical (unpaired) electrons. The molecular weight excluding hydrogens is 149 g/mol. The van der Waals surface area contributed by atoms with Gasteiger partial charge in [0.1, 0.15) is 13.7 Å². The highest BCUT2D eigenvalue weighted by molar-refractivity contribution is 6.35. The lowest BCUT2D eigenvalue weighted by Gasteiger charge is -2.00. The van der Waals surface area contributed by atoms with Gasteiger partial charge < -0.3 is 0 Å². The zero-order valence-corrected chi connectivity index (χ0v) is 6.67. The van der Waals surface area contributed by atoms with E-state index in [1.165, 1.54) is 6.07 Å². The average Bonchev–Trinajstić information content (AvgIpc) is 1.84. The Morgan fingerprint density at radius 3 is 2.60 bits per heavy atom. The van der Waals surface area contributed by atoms with Gasteiger partial charge >= 0.3 is 0 Å². The topological polar surface area (TPSA) is 0 Å². The third kappa shape index (κ3) is 1.32. The summed E-state index contributed by atoms with van der Waals surface area (Å²) in [4.78, 5) is 0. The smallest absolute Gasteiger partial charge is 0.141 e. The molecule has 0 spiro atoms. The Balaban J connectivity index is 3.28. The summed E-state index contributed by atoms with van der Waals surface area (Å²) >= 11 is 5.51. The minimum absolute atomic E-state index is 0.197. The quantitative estimate of drug-likeness (QED) is 0.493. The summed E-state index contributed by atoms with van der Waals surface area (Å²) in [6.07, 6.45) is 0. The Morgan fingerprint density at radius 2 is 2.10 bits per heavy atom. The normalized spacial score (nSPS) is 9.90. The van der Waals surface area contributed by atoms with Crippen molar-refractivity contribution in [3.05, 3.63) is 28.5 Å². The summed E-state index contributed by atoms with van der Waals surface area (Å²) in [5.41, 5.74) is 1.95. The Hall–Kier alpha value is -0.495. The van der Waals surface area contributed by atoms with Crippen molar-refractivity contribution in [1.82, 2.24) is 0 Å². The summed E-state index contributed by atoms with van der Waals surface area (Å²) in [6, 6.07) is 3.07. The first-order valence-corrected chi connectivity index (χ1v) is 3.41. The van der Waals surface area contributed by atoms with E-state index in [-0.39, 0.29) is 10.8 Å². The molecular formula is C7H7BClF. The third-order valence-corrected chi connectivity index (χ3v) is 1.83. The molecule has 0 nitrogen and oxygen atoms in total. The van der Waals surface area contributed by atoms with Crippen LogP contribution in [0.25, 0.3) is 0 Å². The first-order valence-electron chi connectivity index (χ1n) is 3.03. The van der Waals surface area contributed by atoms with E-state index in [4.69, 9.17) is 11.6 Å². The Kier molecular flexibility index (Phi) is 2.00. The molecule has 52 valence electrons. The molecule has 1 rings (SSSR count). The highest BCUT2D eigenvalue weighted by Gasteiger charge is 2.00. The van der Waals surface area contributed by atoms with Crippen LogP contribution in [0.15, 0.2) is 12.1 Å². The Labute approximate surface area is 65.4 Å². The van der Waals surface area contributed by atoms with Crippen molar-refractivity contribution >= 4 is 24.9 Å². The van der Waals surface area contributed by atoms with Crippen LogP contribution in [0.5, 0.6) is 0 Å². The summed E-state index contributed by atoms with van der Waals surface area (Å²) in [7, 11) is 1.86. The molecule has 1 aromatic rings. The first kappa shape index (κ1) is 7.61. The van der Waals surface area contributed by atoms with E-state index in [1.54, 1.807) is 6.07 Å². The standard InChI is InChI=1S/C7H7BClF/c1-4-2-6(9)7(10)3-5(4)8/h2-3H,8H2,1H3. The second kappa shape index (κ2) is 2.63. The molecule has 0 atom stereocenters. The molecule has 0 aliphatic carbocycles. The van der Waals surface area contributed by atoms with Gasteiger partial charge in [0.15, 0.2) is 0 Å². The van der Waals surface area contributed by atoms with E-state index in [1.807, 2.05) is 14.8 Å². The van der Waals surface area contributed by atoms with Crippen LogP contribution in [0.4, 0.5) is 4.39 Å². The lowest BCUT2D eigenvalue weighted by atomic mass is 9.91. The molecule has 0 unspecified atom stereocenters. The van der Waals surface area contributed by atoms with Crippen LogP contribution in [-0.4, -0.2) is 7.85 Å². The molecule has 0 amide bonds. The van der Waals surface area contributed by atoms with Gasteiger partial charge in [-0.1, -0.05) is 22.6 Å².